The highest BCUT2D eigenvalue weighted by atomic mass is 16.7. The molecule has 0 radical (unpaired) electrons. The molecule has 3 aromatic rings. The zero-order chi connectivity index (χ0) is 29.2. The van der Waals surface area contributed by atoms with Crippen LogP contribution in [0.15, 0.2) is 78.9 Å². The quantitative estimate of drug-likeness (QED) is 0.150. The molecule has 0 saturated carbocycles. The van der Waals surface area contributed by atoms with Crippen molar-refractivity contribution in [2.45, 2.75) is 53.1 Å². The van der Waals surface area contributed by atoms with E-state index in [1.807, 2.05) is 63.2 Å². The van der Waals surface area contributed by atoms with Crippen LogP contribution in [-0.2, 0) is 9.53 Å². The molecule has 0 spiro atoms. The molecule has 1 saturated heterocycles. The van der Waals surface area contributed by atoms with Gasteiger partial charge in [-0.25, -0.2) is 0 Å². The second-order valence-corrected chi connectivity index (χ2v) is 11.5. The highest BCUT2D eigenvalue weighted by Crippen LogP contribution is 2.35. The van der Waals surface area contributed by atoms with Gasteiger partial charge in [-0.3, -0.25) is 4.79 Å². The first-order valence-electron chi connectivity index (χ1n) is 14.6. The Morgan fingerprint density at radius 1 is 0.829 bits per heavy atom. The van der Waals surface area contributed by atoms with Crippen molar-refractivity contribution < 1.29 is 24.1 Å². The Morgan fingerprint density at radius 2 is 1.39 bits per heavy atom. The summed E-state index contributed by atoms with van der Waals surface area (Å²) in [5.41, 5.74) is 5.08. The fourth-order valence-electron chi connectivity index (χ4n) is 4.99. The van der Waals surface area contributed by atoms with Crippen molar-refractivity contribution in [3.05, 3.63) is 95.6 Å². The molecule has 1 aliphatic heterocycles. The van der Waals surface area contributed by atoms with E-state index in [4.69, 9.17) is 14.2 Å². The van der Waals surface area contributed by atoms with E-state index in [9.17, 15) is 9.90 Å². The van der Waals surface area contributed by atoms with E-state index in [-0.39, 0.29) is 19.4 Å². The van der Waals surface area contributed by atoms with E-state index in [1.165, 1.54) is 24.0 Å². The molecule has 1 atom stereocenters. The number of hydrogen-bond donors (Lipinski definition) is 1. The number of carbonyl (C=O) groups is 1. The Balaban J connectivity index is 1.52. The molecule has 0 amide bonds. The smallest absolute Gasteiger partial charge is 0.314 e. The molecule has 1 N–H and O–H groups in total. The number of nitrogens with zero attached hydrogens (tertiary/aromatic N) is 1. The molecule has 1 fully saturated rings. The van der Waals surface area contributed by atoms with Gasteiger partial charge in [-0.15, -0.1) is 0 Å². The number of likely N-dealkylation sites (tertiary alicyclic amines) is 1. The summed E-state index contributed by atoms with van der Waals surface area (Å²) in [6.07, 6.45) is 2.75. The number of aliphatic hydroxyl groups is 1. The highest BCUT2D eigenvalue weighted by molar-refractivity contribution is 5.98. The van der Waals surface area contributed by atoms with Crippen molar-refractivity contribution in [2.75, 3.05) is 33.0 Å². The fraction of sp³-hybridized carbons (Fsp3) is 0.400. The predicted octanol–water partition coefficient (Wildman–Crippen LogP) is 6.82. The lowest BCUT2D eigenvalue weighted by molar-refractivity contribution is -0.159. The SMILES string of the molecule is CCC(=C(c1ccc(OCOC(=O)C(C)(C)C)cc1)c1ccc(OCC(O)CN2CCCC2)cc1)c1ccccc1. The van der Waals surface area contributed by atoms with Gasteiger partial charge in [0.2, 0.25) is 6.79 Å². The maximum Gasteiger partial charge on any atom is 0.314 e. The van der Waals surface area contributed by atoms with Crippen molar-refractivity contribution in [2.24, 2.45) is 5.41 Å². The molecular formula is C35H43NO5. The minimum atomic E-state index is -0.575. The third-order valence-corrected chi connectivity index (χ3v) is 7.20. The number of rotatable bonds is 12. The van der Waals surface area contributed by atoms with Crippen molar-refractivity contribution >= 4 is 17.1 Å². The van der Waals surface area contributed by atoms with Crippen LogP contribution >= 0.6 is 0 Å². The molecule has 1 unspecified atom stereocenters. The van der Waals surface area contributed by atoms with Crippen LogP contribution in [0.2, 0.25) is 0 Å². The topological polar surface area (TPSA) is 68.2 Å². The van der Waals surface area contributed by atoms with Gasteiger partial charge in [0.15, 0.2) is 0 Å². The van der Waals surface area contributed by atoms with Gasteiger partial charge in [0.05, 0.1) is 5.41 Å². The number of carbonyl (C=O) groups excluding carboxylic acids is 1. The summed E-state index contributed by atoms with van der Waals surface area (Å²) in [7, 11) is 0. The second kappa shape index (κ2) is 14.3. The second-order valence-electron chi connectivity index (χ2n) is 11.5. The average Bonchev–Trinajstić information content (AvgIpc) is 3.48. The lowest BCUT2D eigenvalue weighted by atomic mass is 9.88. The lowest BCUT2D eigenvalue weighted by Crippen LogP contribution is -2.33. The van der Waals surface area contributed by atoms with Crippen LogP contribution in [0, 0.1) is 5.41 Å². The van der Waals surface area contributed by atoms with Crippen LogP contribution in [0.1, 0.15) is 63.6 Å². The molecule has 1 aliphatic rings. The lowest BCUT2D eigenvalue weighted by Gasteiger charge is -2.20. The normalized spacial score (nSPS) is 15.2. The average molecular weight is 558 g/mol. The van der Waals surface area contributed by atoms with E-state index < -0.39 is 11.5 Å². The van der Waals surface area contributed by atoms with E-state index in [1.54, 1.807) is 0 Å². The number of allylic oxidation sites excluding steroid dienone is 1. The molecule has 6 heteroatoms. The number of hydrogen-bond acceptors (Lipinski definition) is 6. The van der Waals surface area contributed by atoms with Gasteiger partial charge in [0.1, 0.15) is 24.2 Å². The van der Waals surface area contributed by atoms with Gasteiger partial charge >= 0.3 is 5.97 Å². The van der Waals surface area contributed by atoms with Gasteiger partial charge < -0.3 is 24.2 Å². The number of esters is 1. The van der Waals surface area contributed by atoms with Gasteiger partial charge in [0.25, 0.3) is 0 Å². The summed E-state index contributed by atoms with van der Waals surface area (Å²) >= 11 is 0. The van der Waals surface area contributed by atoms with Crippen molar-refractivity contribution in [3.63, 3.8) is 0 Å². The Kier molecular flexibility index (Phi) is 10.6. The highest BCUT2D eigenvalue weighted by Gasteiger charge is 2.23. The zero-order valence-electron chi connectivity index (χ0n) is 24.8. The summed E-state index contributed by atoms with van der Waals surface area (Å²) in [6.45, 7) is 10.5. The molecule has 4 rings (SSSR count). The first-order valence-corrected chi connectivity index (χ1v) is 14.6. The monoisotopic (exact) mass is 557 g/mol. The van der Waals surface area contributed by atoms with Gasteiger partial charge in [-0.05, 0) is 105 Å². The number of aliphatic hydroxyl groups excluding tert-OH is 1. The van der Waals surface area contributed by atoms with Crippen LogP contribution in [0.4, 0.5) is 0 Å². The van der Waals surface area contributed by atoms with E-state index in [2.05, 4.69) is 48.2 Å². The van der Waals surface area contributed by atoms with E-state index in [0.29, 0.717) is 12.3 Å². The third kappa shape index (κ3) is 8.69. The summed E-state index contributed by atoms with van der Waals surface area (Å²) in [5.74, 6) is 1.06. The molecule has 218 valence electrons. The molecule has 0 aliphatic carbocycles. The third-order valence-electron chi connectivity index (χ3n) is 7.20. The minimum absolute atomic E-state index is 0.128. The minimum Gasteiger partial charge on any atom is -0.491 e. The summed E-state index contributed by atoms with van der Waals surface area (Å²) < 4.78 is 16.9. The Hall–Kier alpha value is -3.61. The van der Waals surface area contributed by atoms with E-state index >= 15 is 0 Å². The maximum atomic E-state index is 12.0. The molecule has 0 bridgehead atoms. The van der Waals surface area contributed by atoms with Crippen LogP contribution in [0.5, 0.6) is 11.5 Å². The van der Waals surface area contributed by atoms with Crippen LogP contribution in [-0.4, -0.2) is 55.1 Å². The van der Waals surface area contributed by atoms with E-state index in [0.717, 1.165) is 42.0 Å². The fourth-order valence-corrected chi connectivity index (χ4v) is 4.99. The largest absolute Gasteiger partial charge is 0.491 e. The van der Waals surface area contributed by atoms with Gasteiger partial charge in [0, 0.05) is 6.54 Å². The van der Waals surface area contributed by atoms with Crippen LogP contribution < -0.4 is 9.47 Å². The molecule has 41 heavy (non-hydrogen) atoms. The number of ether oxygens (including phenoxy) is 3. The number of β-amino-alcohol motifs (C(OH)–C–C–N with tert-alkyl or cyclic N) is 1. The zero-order valence-corrected chi connectivity index (χ0v) is 24.8. The molecular weight excluding hydrogens is 514 g/mol. The Morgan fingerprint density at radius 3 is 1.93 bits per heavy atom. The summed E-state index contributed by atoms with van der Waals surface area (Å²) in [6, 6.07) is 26.4. The molecule has 3 aromatic carbocycles. The molecule has 6 nitrogen and oxygen atoms in total. The Labute approximate surface area is 244 Å². The van der Waals surface area contributed by atoms with Crippen molar-refractivity contribution in [1.29, 1.82) is 0 Å². The van der Waals surface area contributed by atoms with Crippen LogP contribution in [0.25, 0.3) is 11.1 Å². The van der Waals surface area contributed by atoms with Gasteiger partial charge in [-0.1, -0.05) is 61.5 Å². The Bertz CT molecular complexity index is 1270. The summed E-state index contributed by atoms with van der Waals surface area (Å²) in [5, 5.41) is 10.4. The standard InChI is InChI=1S/C35H43NO5/c1-5-32(26-11-7-6-8-12-26)33(28-15-19-31(20-16-28)40-25-41-34(38)35(2,3)4)27-13-17-30(18-14-27)39-24-29(37)23-36-21-9-10-22-36/h6-8,11-20,29,37H,5,9-10,21-25H2,1-4H3. The maximum absolute atomic E-state index is 12.0. The molecule has 0 aromatic heterocycles. The van der Waals surface area contributed by atoms with Gasteiger partial charge in [-0.2, -0.15) is 0 Å². The summed E-state index contributed by atoms with van der Waals surface area (Å²) in [4.78, 5) is 14.3. The van der Waals surface area contributed by atoms with Crippen LogP contribution in [0.3, 0.4) is 0 Å². The van der Waals surface area contributed by atoms with Crippen molar-refractivity contribution in [3.8, 4) is 11.5 Å². The first-order chi connectivity index (χ1) is 19.7. The van der Waals surface area contributed by atoms with Crippen molar-refractivity contribution in [1.82, 2.24) is 4.90 Å². The number of benzene rings is 3. The predicted molar refractivity (Wildman–Crippen MR) is 164 cm³/mol. The first kappa shape index (κ1) is 30.4. The molecule has 1 heterocycles.